The van der Waals surface area contributed by atoms with E-state index in [-0.39, 0.29) is 5.75 Å². The average Bonchev–Trinajstić information content (AvgIpc) is 2.60. The molecule has 0 radical (unpaired) electrons. The normalized spacial score (nSPS) is 11.0. The van der Waals surface area contributed by atoms with Crippen LogP contribution in [0.15, 0.2) is 42.6 Å². The highest BCUT2D eigenvalue weighted by Crippen LogP contribution is 2.17. The summed E-state index contributed by atoms with van der Waals surface area (Å²) in [6.07, 6.45) is 2.05. The molecule has 0 amide bonds. The van der Waals surface area contributed by atoms with Crippen molar-refractivity contribution < 1.29 is 17.9 Å². The molecule has 0 unspecified atom stereocenters. The summed E-state index contributed by atoms with van der Waals surface area (Å²) in [6.45, 7) is 2.86. The van der Waals surface area contributed by atoms with Crippen LogP contribution >= 0.6 is 0 Å². The van der Waals surface area contributed by atoms with Crippen LogP contribution in [0.2, 0.25) is 0 Å². The van der Waals surface area contributed by atoms with Crippen LogP contribution in [0.3, 0.4) is 0 Å². The summed E-state index contributed by atoms with van der Waals surface area (Å²) < 4.78 is 36.6. The molecular weight excluding hydrogens is 342 g/mol. The minimum atomic E-state index is -3.29. The second-order valence-electron chi connectivity index (χ2n) is 5.30. The van der Waals surface area contributed by atoms with Crippen molar-refractivity contribution in [1.82, 2.24) is 4.98 Å². The zero-order valence-corrected chi connectivity index (χ0v) is 15.2. The molecule has 25 heavy (non-hydrogen) atoms. The Morgan fingerprint density at radius 3 is 2.40 bits per heavy atom. The quantitative estimate of drug-likeness (QED) is 0.629. The molecule has 0 atom stereocenters. The van der Waals surface area contributed by atoms with Gasteiger partial charge in [-0.25, -0.2) is 13.4 Å². The standard InChI is InChI=1S/C17H23N3O4S/c1-3-12-25(21,22)20-14-4-9-17(19-13-14)18-10-11-24-16-7-5-15(23-2)6-8-16/h4-9,13,20H,3,10-12H2,1-2H3,(H,18,19). The van der Waals surface area contributed by atoms with Crippen LogP contribution in [0.1, 0.15) is 13.3 Å². The number of aromatic nitrogens is 1. The molecule has 2 rings (SSSR count). The summed E-state index contributed by atoms with van der Waals surface area (Å²) in [4.78, 5) is 4.18. The van der Waals surface area contributed by atoms with Crippen molar-refractivity contribution in [2.24, 2.45) is 0 Å². The number of rotatable bonds is 10. The summed E-state index contributed by atoms with van der Waals surface area (Å²) in [6, 6.07) is 10.7. The predicted octanol–water partition coefficient (Wildman–Crippen LogP) is 2.73. The fourth-order valence-electron chi connectivity index (χ4n) is 2.08. The molecule has 0 spiro atoms. The number of nitrogens with zero attached hydrogens (tertiary/aromatic N) is 1. The van der Waals surface area contributed by atoms with Gasteiger partial charge < -0.3 is 14.8 Å². The van der Waals surface area contributed by atoms with Crippen LogP contribution in [-0.2, 0) is 10.0 Å². The third kappa shape index (κ3) is 6.50. The Morgan fingerprint density at radius 1 is 1.08 bits per heavy atom. The molecule has 1 heterocycles. The van der Waals surface area contributed by atoms with Crippen molar-refractivity contribution in [3.63, 3.8) is 0 Å². The van der Waals surface area contributed by atoms with Gasteiger partial charge in [-0.2, -0.15) is 0 Å². The molecule has 0 saturated carbocycles. The highest BCUT2D eigenvalue weighted by atomic mass is 32.2. The van der Waals surface area contributed by atoms with Gasteiger partial charge in [0.25, 0.3) is 0 Å². The number of hydrogen-bond donors (Lipinski definition) is 2. The topological polar surface area (TPSA) is 89.6 Å². The van der Waals surface area contributed by atoms with Gasteiger partial charge >= 0.3 is 0 Å². The van der Waals surface area contributed by atoms with Crippen molar-refractivity contribution in [2.75, 3.05) is 36.1 Å². The second kappa shape index (κ2) is 9.12. The third-order valence-electron chi connectivity index (χ3n) is 3.25. The number of nitrogens with one attached hydrogen (secondary N) is 2. The predicted molar refractivity (Wildman–Crippen MR) is 98.9 cm³/mol. The number of anilines is 2. The van der Waals surface area contributed by atoms with E-state index in [1.54, 1.807) is 19.2 Å². The zero-order valence-electron chi connectivity index (χ0n) is 14.4. The van der Waals surface area contributed by atoms with E-state index in [0.717, 1.165) is 11.5 Å². The van der Waals surface area contributed by atoms with Crippen LogP contribution < -0.4 is 19.5 Å². The maximum Gasteiger partial charge on any atom is 0.232 e. The lowest BCUT2D eigenvalue weighted by atomic mass is 10.3. The molecule has 0 bridgehead atoms. The fourth-order valence-corrected chi connectivity index (χ4v) is 3.20. The molecule has 8 heteroatoms. The van der Waals surface area contributed by atoms with Gasteiger partial charge in [-0.1, -0.05) is 6.92 Å². The number of benzene rings is 1. The highest BCUT2D eigenvalue weighted by molar-refractivity contribution is 7.92. The molecule has 0 aliphatic heterocycles. The van der Waals surface area contributed by atoms with Gasteiger partial charge in [0.1, 0.15) is 23.9 Å². The first-order valence-corrected chi connectivity index (χ1v) is 9.65. The molecule has 2 aromatic rings. The van der Waals surface area contributed by atoms with Crippen LogP contribution in [0.4, 0.5) is 11.5 Å². The van der Waals surface area contributed by atoms with Crippen LogP contribution in [0.25, 0.3) is 0 Å². The van der Waals surface area contributed by atoms with E-state index >= 15 is 0 Å². The largest absolute Gasteiger partial charge is 0.497 e. The van der Waals surface area contributed by atoms with Crippen molar-refractivity contribution in [3.8, 4) is 11.5 Å². The Morgan fingerprint density at radius 2 is 1.80 bits per heavy atom. The maximum atomic E-state index is 11.7. The summed E-state index contributed by atoms with van der Waals surface area (Å²) in [5, 5.41) is 3.11. The Labute approximate surface area is 148 Å². The fraction of sp³-hybridized carbons (Fsp3) is 0.353. The smallest absolute Gasteiger partial charge is 0.232 e. The van der Waals surface area contributed by atoms with E-state index in [1.807, 2.05) is 31.2 Å². The molecule has 0 saturated heterocycles. The van der Waals surface area contributed by atoms with E-state index in [0.29, 0.717) is 31.1 Å². The van der Waals surface area contributed by atoms with Gasteiger partial charge in [0, 0.05) is 0 Å². The van der Waals surface area contributed by atoms with E-state index in [2.05, 4.69) is 15.0 Å². The number of hydrogen-bond acceptors (Lipinski definition) is 6. The molecule has 1 aromatic heterocycles. The summed E-state index contributed by atoms with van der Waals surface area (Å²) in [7, 11) is -1.68. The lowest BCUT2D eigenvalue weighted by Gasteiger charge is -2.10. The van der Waals surface area contributed by atoms with Gasteiger partial charge in [0.2, 0.25) is 10.0 Å². The van der Waals surface area contributed by atoms with E-state index in [9.17, 15) is 8.42 Å². The second-order valence-corrected chi connectivity index (χ2v) is 7.15. The van der Waals surface area contributed by atoms with Crippen molar-refractivity contribution in [3.05, 3.63) is 42.6 Å². The number of sulfonamides is 1. The highest BCUT2D eigenvalue weighted by Gasteiger charge is 2.08. The first-order chi connectivity index (χ1) is 12.0. The van der Waals surface area contributed by atoms with Crippen molar-refractivity contribution in [1.29, 1.82) is 0 Å². The van der Waals surface area contributed by atoms with Crippen LogP contribution in [0.5, 0.6) is 11.5 Å². The minimum absolute atomic E-state index is 0.0930. The van der Waals surface area contributed by atoms with E-state index < -0.39 is 10.0 Å². The SMILES string of the molecule is CCCS(=O)(=O)Nc1ccc(NCCOc2ccc(OC)cc2)nc1. The van der Waals surface area contributed by atoms with E-state index in [4.69, 9.17) is 9.47 Å². The van der Waals surface area contributed by atoms with Gasteiger partial charge in [0.15, 0.2) is 0 Å². The summed E-state index contributed by atoms with van der Waals surface area (Å²) >= 11 is 0. The van der Waals surface area contributed by atoms with Gasteiger partial charge in [0.05, 0.1) is 31.3 Å². The lowest BCUT2D eigenvalue weighted by molar-refractivity contribution is 0.331. The minimum Gasteiger partial charge on any atom is -0.497 e. The molecule has 7 nitrogen and oxygen atoms in total. The first-order valence-electron chi connectivity index (χ1n) is 7.99. The molecule has 2 N–H and O–H groups in total. The molecule has 0 aliphatic carbocycles. The Hall–Kier alpha value is -2.48. The number of methoxy groups -OCH3 is 1. The van der Waals surface area contributed by atoms with Crippen molar-refractivity contribution >= 4 is 21.5 Å². The van der Waals surface area contributed by atoms with Crippen LogP contribution in [0, 0.1) is 0 Å². The Bertz CT molecular complexity index is 746. The average molecular weight is 365 g/mol. The van der Waals surface area contributed by atoms with Gasteiger partial charge in [-0.05, 0) is 42.8 Å². The first kappa shape index (κ1) is 18.9. The monoisotopic (exact) mass is 365 g/mol. The zero-order chi connectivity index (χ0) is 18.1. The summed E-state index contributed by atoms with van der Waals surface area (Å²) in [5.74, 6) is 2.28. The van der Waals surface area contributed by atoms with Crippen molar-refractivity contribution in [2.45, 2.75) is 13.3 Å². The maximum absolute atomic E-state index is 11.7. The molecular formula is C17H23N3O4S. The molecule has 0 fully saturated rings. The molecule has 0 aliphatic rings. The van der Waals surface area contributed by atoms with Gasteiger partial charge in [-0.3, -0.25) is 4.72 Å². The lowest BCUT2D eigenvalue weighted by Crippen LogP contribution is -2.16. The Balaban J connectivity index is 1.75. The molecule has 136 valence electrons. The molecule has 1 aromatic carbocycles. The Kier molecular flexibility index (Phi) is 6.88. The van der Waals surface area contributed by atoms with Gasteiger partial charge in [-0.15, -0.1) is 0 Å². The third-order valence-corrected chi connectivity index (χ3v) is 4.74. The van der Waals surface area contributed by atoms with E-state index in [1.165, 1.54) is 6.20 Å². The number of pyridine rings is 1. The summed E-state index contributed by atoms with van der Waals surface area (Å²) in [5.41, 5.74) is 0.452. The van der Waals surface area contributed by atoms with Crippen LogP contribution in [-0.4, -0.2) is 39.4 Å². The number of ether oxygens (including phenoxy) is 2.